The van der Waals surface area contributed by atoms with E-state index >= 15 is 0 Å². The summed E-state index contributed by atoms with van der Waals surface area (Å²) in [7, 11) is 2.95. The van der Waals surface area contributed by atoms with Crippen LogP contribution in [-0.2, 0) is 47.6 Å². The molecule has 0 spiro atoms. The van der Waals surface area contributed by atoms with E-state index in [9.17, 15) is 19.2 Å². The summed E-state index contributed by atoms with van der Waals surface area (Å²) in [5, 5.41) is 0. The van der Waals surface area contributed by atoms with Gasteiger partial charge in [0.05, 0.1) is 36.9 Å². The maximum atomic E-state index is 12.2. The minimum Gasteiger partial charge on any atom is -0.455 e. The highest BCUT2D eigenvalue weighted by Gasteiger charge is 2.66. The predicted octanol–water partition coefficient (Wildman–Crippen LogP) is 0.397. The van der Waals surface area contributed by atoms with Crippen molar-refractivity contribution in [2.24, 2.45) is 11.8 Å². The lowest BCUT2D eigenvalue weighted by Crippen LogP contribution is -2.40. The molecule has 6 fully saturated rings. The smallest absolute Gasteiger partial charge is 0.312 e. The van der Waals surface area contributed by atoms with E-state index in [0.29, 0.717) is 24.3 Å². The summed E-state index contributed by atoms with van der Waals surface area (Å²) >= 11 is 0. The molecular weight excluding hydrogens is 464 g/mol. The molecule has 0 saturated carbocycles. The number of rotatable bonds is 9. The fourth-order valence-corrected chi connectivity index (χ4v) is 7.50. The molecule has 6 aliphatic heterocycles. The molecule has 32 heavy (non-hydrogen) atoms. The van der Waals surface area contributed by atoms with Gasteiger partial charge in [-0.05, 0) is 12.8 Å². The molecule has 6 rings (SSSR count). The largest absolute Gasteiger partial charge is 0.455 e. The fraction of sp³-hybridized carbons (Fsp3) is 0.800. The lowest BCUT2D eigenvalue weighted by molar-refractivity contribution is -0.160. The molecule has 6 saturated heterocycles. The molecule has 12 heteroatoms. The Balaban J connectivity index is 0.854. The third kappa shape index (κ3) is 3.41. The molecule has 4 bridgehead atoms. The third-order valence-corrected chi connectivity index (χ3v) is 9.37. The van der Waals surface area contributed by atoms with Gasteiger partial charge in [0.2, 0.25) is 0 Å². The van der Waals surface area contributed by atoms with Crippen LogP contribution in [0.4, 0.5) is 0 Å². The molecule has 6 aliphatic rings. The molecule has 0 N–H and O–H groups in total. The highest BCUT2D eigenvalue weighted by molar-refractivity contribution is 8.76. The second kappa shape index (κ2) is 8.07. The Morgan fingerprint density at radius 2 is 1.19 bits per heavy atom. The number of carbonyl (C=O) groups excluding carboxylic acids is 4. The molecule has 0 aromatic carbocycles. The minimum atomic E-state index is -0.508. The Bertz CT molecular complexity index is 782. The van der Waals surface area contributed by atoms with E-state index in [2.05, 4.69) is 0 Å². The van der Waals surface area contributed by atoms with Crippen LogP contribution in [0.1, 0.15) is 25.7 Å². The first-order valence-corrected chi connectivity index (χ1v) is 13.3. The van der Waals surface area contributed by atoms with Gasteiger partial charge in [-0.25, -0.2) is 0 Å². The molecule has 0 aromatic heterocycles. The van der Waals surface area contributed by atoms with Crippen molar-refractivity contribution < 1.29 is 47.6 Å². The Labute approximate surface area is 191 Å². The average Bonchev–Trinajstić information content (AvgIpc) is 3.55. The van der Waals surface area contributed by atoms with Gasteiger partial charge in [0.1, 0.15) is 12.2 Å². The normalized spacial score (nSPS) is 44.1. The van der Waals surface area contributed by atoms with Crippen LogP contribution < -0.4 is 0 Å². The van der Waals surface area contributed by atoms with Crippen LogP contribution in [0.2, 0.25) is 0 Å². The van der Waals surface area contributed by atoms with Crippen molar-refractivity contribution in [3.63, 3.8) is 0 Å². The van der Waals surface area contributed by atoms with Crippen LogP contribution in [0.3, 0.4) is 0 Å². The first-order chi connectivity index (χ1) is 15.5. The van der Waals surface area contributed by atoms with Crippen LogP contribution in [-0.4, -0.2) is 84.2 Å². The molecule has 0 radical (unpaired) electrons. The summed E-state index contributed by atoms with van der Waals surface area (Å²) in [4.78, 5) is 47.7. The molecule has 10 atom stereocenters. The maximum absolute atomic E-state index is 12.2. The SMILES string of the molecule is O=C(CCSSCCC(=O)OC1C2CC3C(=O)OC1C3O2)OC1C2CC3C(=O)OC1C3O2. The molecule has 0 amide bonds. The van der Waals surface area contributed by atoms with Gasteiger partial charge >= 0.3 is 23.9 Å². The Kier molecular flexibility index (Phi) is 5.31. The first kappa shape index (κ1) is 21.1. The molecule has 10 unspecified atom stereocenters. The highest BCUT2D eigenvalue weighted by Crippen LogP contribution is 2.48. The van der Waals surface area contributed by atoms with Crippen LogP contribution in [0.5, 0.6) is 0 Å². The van der Waals surface area contributed by atoms with Gasteiger partial charge in [-0.2, -0.15) is 0 Å². The summed E-state index contributed by atoms with van der Waals surface area (Å²) in [5.74, 6) is -0.557. The molecule has 10 nitrogen and oxygen atoms in total. The highest BCUT2D eigenvalue weighted by atomic mass is 33.1. The van der Waals surface area contributed by atoms with Crippen molar-refractivity contribution in [3.8, 4) is 0 Å². The third-order valence-electron chi connectivity index (χ3n) is 6.96. The van der Waals surface area contributed by atoms with Crippen LogP contribution in [0, 0.1) is 11.8 Å². The van der Waals surface area contributed by atoms with E-state index in [0.717, 1.165) is 0 Å². The van der Waals surface area contributed by atoms with Gasteiger partial charge in [0.25, 0.3) is 0 Å². The molecule has 6 heterocycles. The van der Waals surface area contributed by atoms with Gasteiger partial charge in [0, 0.05) is 11.5 Å². The quantitative estimate of drug-likeness (QED) is 0.194. The second-order valence-corrected chi connectivity index (χ2v) is 11.5. The van der Waals surface area contributed by atoms with Crippen LogP contribution in [0.25, 0.3) is 0 Å². The van der Waals surface area contributed by atoms with E-state index in [4.69, 9.17) is 28.4 Å². The van der Waals surface area contributed by atoms with E-state index < -0.39 is 24.4 Å². The number of ether oxygens (including phenoxy) is 6. The van der Waals surface area contributed by atoms with E-state index in [1.54, 1.807) is 0 Å². The zero-order chi connectivity index (χ0) is 22.0. The summed E-state index contributed by atoms with van der Waals surface area (Å²) in [6.07, 6.45) is -1.47. The van der Waals surface area contributed by atoms with Gasteiger partial charge in [-0.3, -0.25) is 19.2 Å². The van der Waals surface area contributed by atoms with Gasteiger partial charge in [0.15, 0.2) is 24.4 Å². The zero-order valence-electron chi connectivity index (χ0n) is 16.9. The van der Waals surface area contributed by atoms with Gasteiger partial charge < -0.3 is 28.4 Å². The van der Waals surface area contributed by atoms with E-state index in [-0.39, 0.29) is 73.0 Å². The van der Waals surface area contributed by atoms with Crippen molar-refractivity contribution in [3.05, 3.63) is 0 Å². The molecule has 0 aliphatic carbocycles. The van der Waals surface area contributed by atoms with Crippen molar-refractivity contribution in [1.82, 2.24) is 0 Å². The van der Waals surface area contributed by atoms with Crippen molar-refractivity contribution >= 4 is 45.5 Å². The number of carbonyl (C=O) groups is 4. The minimum absolute atomic E-state index is 0.208. The molecule has 174 valence electrons. The van der Waals surface area contributed by atoms with Gasteiger partial charge in [-0.15, -0.1) is 0 Å². The first-order valence-electron chi connectivity index (χ1n) is 10.8. The maximum Gasteiger partial charge on any atom is 0.312 e. The number of hydrogen-bond acceptors (Lipinski definition) is 12. The second-order valence-electron chi connectivity index (χ2n) is 8.82. The lowest BCUT2D eigenvalue weighted by Gasteiger charge is -2.22. The topological polar surface area (TPSA) is 124 Å². The molecule has 0 aromatic rings. The van der Waals surface area contributed by atoms with Crippen molar-refractivity contribution in [1.29, 1.82) is 0 Å². The van der Waals surface area contributed by atoms with Crippen molar-refractivity contribution in [2.45, 2.75) is 74.5 Å². The Morgan fingerprint density at radius 1 is 0.750 bits per heavy atom. The monoisotopic (exact) mass is 486 g/mol. The molecular formula is C20H22O10S2. The fourth-order valence-electron chi connectivity index (χ4n) is 5.55. The standard InChI is InChI=1S/C20H22O10S2/c21-11(27-15-9-5-7-13(25-9)17(15)29-19(7)23)1-3-31-32-4-2-12(22)28-16-10-6-8-14(26-10)18(16)30-20(8)24/h7-10,13-18H,1-6H2. The average molecular weight is 487 g/mol. The summed E-state index contributed by atoms with van der Waals surface area (Å²) in [5.41, 5.74) is 0. The van der Waals surface area contributed by atoms with Crippen LogP contribution >= 0.6 is 21.6 Å². The Morgan fingerprint density at radius 3 is 1.62 bits per heavy atom. The summed E-state index contributed by atoms with van der Waals surface area (Å²) in [6, 6.07) is 0. The Hall–Kier alpha value is -1.50. The lowest BCUT2D eigenvalue weighted by atomic mass is 9.88. The number of fused-ring (bicyclic) bond motifs is 2. The zero-order valence-corrected chi connectivity index (χ0v) is 18.5. The number of esters is 4. The van der Waals surface area contributed by atoms with Crippen LogP contribution in [0.15, 0.2) is 0 Å². The summed E-state index contributed by atoms with van der Waals surface area (Å²) < 4.78 is 33.0. The van der Waals surface area contributed by atoms with Gasteiger partial charge in [-0.1, -0.05) is 21.6 Å². The van der Waals surface area contributed by atoms with Crippen molar-refractivity contribution in [2.75, 3.05) is 11.5 Å². The van der Waals surface area contributed by atoms with E-state index in [1.165, 1.54) is 21.6 Å². The summed E-state index contributed by atoms with van der Waals surface area (Å²) in [6.45, 7) is 0. The predicted molar refractivity (Wildman–Crippen MR) is 107 cm³/mol. The van der Waals surface area contributed by atoms with E-state index in [1.807, 2.05) is 0 Å². The number of hydrogen-bond donors (Lipinski definition) is 0.